The molecule has 0 aromatic heterocycles. The molecule has 0 saturated heterocycles. The standard InChI is InChI=1S/C2H8N2.4C2H4O2.C2H6S/c3-1-2-4;4*1-2(3)4;1-3-2/h1-4H2;4*1H3,(H,3,4);1-2H3. The minimum absolute atomic E-state index is 0.597. The van der Waals surface area contributed by atoms with Crippen molar-refractivity contribution in [2.45, 2.75) is 27.7 Å². The fourth-order valence-electron chi connectivity index (χ4n) is 0. The molecule has 0 aliphatic rings. The van der Waals surface area contributed by atoms with Gasteiger partial charge in [-0.2, -0.15) is 11.8 Å². The highest BCUT2D eigenvalue weighted by molar-refractivity contribution is 7.97. The van der Waals surface area contributed by atoms with Crippen molar-refractivity contribution >= 4 is 35.6 Å². The van der Waals surface area contributed by atoms with E-state index in [0.29, 0.717) is 13.1 Å². The highest BCUT2D eigenvalue weighted by Gasteiger charge is 1.66. The topological polar surface area (TPSA) is 201 Å². The number of hydrogen-bond donors (Lipinski definition) is 6. The van der Waals surface area contributed by atoms with Crippen molar-refractivity contribution in [3.05, 3.63) is 0 Å². The predicted molar refractivity (Wildman–Crippen MR) is 90.8 cm³/mol. The molecule has 0 spiro atoms. The van der Waals surface area contributed by atoms with E-state index in [1.54, 1.807) is 11.8 Å². The first-order chi connectivity index (χ1) is 10.3. The summed E-state index contributed by atoms with van der Waals surface area (Å²) in [5, 5.41) is 29.7. The zero-order valence-corrected chi connectivity index (χ0v) is 15.2. The first-order valence-electron chi connectivity index (χ1n) is 5.84. The van der Waals surface area contributed by atoms with E-state index < -0.39 is 23.9 Å². The lowest BCUT2D eigenvalue weighted by atomic mass is 10.7. The normalized spacial score (nSPS) is 6.43. The minimum atomic E-state index is -0.833. The predicted octanol–water partition coefficient (Wildman–Crippen LogP) is 0.247. The Labute approximate surface area is 140 Å². The van der Waals surface area contributed by atoms with Gasteiger partial charge in [0.1, 0.15) is 0 Å². The molecule has 0 radical (unpaired) electrons. The molecular weight excluding hydrogens is 332 g/mol. The van der Waals surface area contributed by atoms with Crippen molar-refractivity contribution in [2.75, 3.05) is 25.6 Å². The minimum Gasteiger partial charge on any atom is -0.481 e. The van der Waals surface area contributed by atoms with Crippen LogP contribution in [-0.4, -0.2) is 69.9 Å². The lowest BCUT2D eigenvalue weighted by molar-refractivity contribution is -0.135. The average molecular weight is 362 g/mol. The summed E-state index contributed by atoms with van der Waals surface area (Å²) in [7, 11) is 0. The highest BCUT2D eigenvalue weighted by Crippen LogP contribution is 1.70. The summed E-state index contributed by atoms with van der Waals surface area (Å²) in [6, 6.07) is 0. The fraction of sp³-hybridized carbons (Fsp3) is 0.667. The van der Waals surface area contributed by atoms with Crippen molar-refractivity contribution in [3.8, 4) is 0 Å². The van der Waals surface area contributed by atoms with Crippen molar-refractivity contribution in [1.82, 2.24) is 0 Å². The molecule has 0 saturated carbocycles. The summed E-state index contributed by atoms with van der Waals surface area (Å²) in [6.07, 6.45) is 4.08. The van der Waals surface area contributed by atoms with E-state index in [1.807, 2.05) is 12.5 Å². The number of rotatable bonds is 1. The first-order valence-corrected chi connectivity index (χ1v) is 7.48. The molecule has 0 unspecified atom stereocenters. The molecule has 0 heterocycles. The van der Waals surface area contributed by atoms with Gasteiger partial charge in [0, 0.05) is 40.8 Å². The maximum Gasteiger partial charge on any atom is 0.300 e. The number of carbonyl (C=O) groups is 4. The van der Waals surface area contributed by atoms with Crippen LogP contribution in [0.5, 0.6) is 0 Å². The molecule has 0 atom stereocenters. The maximum absolute atomic E-state index is 9.00. The zero-order valence-electron chi connectivity index (χ0n) is 14.4. The van der Waals surface area contributed by atoms with Crippen LogP contribution in [0.2, 0.25) is 0 Å². The Hall–Kier alpha value is -1.85. The van der Waals surface area contributed by atoms with Gasteiger partial charge in [-0.05, 0) is 12.5 Å². The molecular formula is C12H30N2O8S. The van der Waals surface area contributed by atoms with Gasteiger partial charge in [0.15, 0.2) is 0 Å². The number of thioether (sulfide) groups is 1. The van der Waals surface area contributed by atoms with Gasteiger partial charge in [-0.1, -0.05) is 0 Å². The summed E-state index contributed by atoms with van der Waals surface area (Å²) in [5.41, 5.74) is 9.81. The largest absolute Gasteiger partial charge is 0.481 e. The third kappa shape index (κ3) is 9190. The van der Waals surface area contributed by atoms with Crippen LogP contribution in [0.1, 0.15) is 27.7 Å². The fourth-order valence-corrected chi connectivity index (χ4v) is 0. The number of aliphatic carboxylic acids is 4. The Bertz CT molecular complexity index is 210. The molecule has 0 aliphatic heterocycles. The van der Waals surface area contributed by atoms with Crippen LogP contribution in [0.15, 0.2) is 0 Å². The summed E-state index contributed by atoms with van der Waals surface area (Å²) in [4.78, 5) is 36.0. The molecule has 10 nitrogen and oxygen atoms in total. The molecule has 0 bridgehead atoms. The van der Waals surface area contributed by atoms with Crippen LogP contribution in [0, 0.1) is 0 Å². The highest BCUT2D eigenvalue weighted by atomic mass is 32.2. The molecule has 0 fully saturated rings. The van der Waals surface area contributed by atoms with E-state index in [9.17, 15) is 0 Å². The lowest BCUT2D eigenvalue weighted by Gasteiger charge is -1.72. The van der Waals surface area contributed by atoms with E-state index >= 15 is 0 Å². The molecule has 0 rings (SSSR count). The molecule has 11 heteroatoms. The molecule has 23 heavy (non-hydrogen) atoms. The zero-order chi connectivity index (χ0) is 20.4. The van der Waals surface area contributed by atoms with Crippen LogP contribution in [0.4, 0.5) is 0 Å². The second kappa shape index (κ2) is 42.7. The quantitative estimate of drug-likeness (QED) is 0.373. The van der Waals surface area contributed by atoms with Gasteiger partial charge in [-0.15, -0.1) is 0 Å². The Kier molecular flexibility index (Phi) is 69.5. The Morgan fingerprint density at radius 2 is 0.696 bits per heavy atom. The summed E-state index contributed by atoms with van der Waals surface area (Å²) >= 11 is 1.75. The van der Waals surface area contributed by atoms with Gasteiger partial charge >= 0.3 is 0 Å². The smallest absolute Gasteiger partial charge is 0.300 e. The summed E-state index contributed by atoms with van der Waals surface area (Å²) in [6.45, 7) is 5.53. The van der Waals surface area contributed by atoms with Crippen LogP contribution < -0.4 is 11.5 Å². The average Bonchev–Trinajstić information content (AvgIpc) is 2.26. The van der Waals surface area contributed by atoms with Crippen molar-refractivity contribution < 1.29 is 39.6 Å². The number of hydrogen-bond acceptors (Lipinski definition) is 7. The molecule has 0 aliphatic carbocycles. The molecule has 142 valence electrons. The van der Waals surface area contributed by atoms with Gasteiger partial charge < -0.3 is 31.9 Å². The molecule has 8 N–H and O–H groups in total. The molecule has 0 aromatic rings. The van der Waals surface area contributed by atoms with E-state index in [0.717, 1.165) is 27.7 Å². The Morgan fingerprint density at radius 1 is 0.652 bits per heavy atom. The number of nitrogens with two attached hydrogens (primary N) is 2. The third-order valence-electron chi connectivity index (χ3n) is 0.167. The van der Waals surface area contributed by atoms with Crippen molar-refractivity contribution in [1.29, 1.82) is 0 Å². The maximum atomic E-state index is 9.00. The monoisotopic (exact) mass is 362 g/mol. The van der Waals surface area contributed by atoms with E-state index in [2.05, 4.69) is 0 Å². The third-order valence-corrected chi connectivity index (χ3v) is 0.167. The van der Waals surface area contributed by atoms with Crippen LogP contribution in [0.3, 0.4) is 0 Å². The van der Waals surface area contributed by atoms with E-state index in [4.69, 9.17) is 51.1 Å². The second-order valence-corrected chi connectivity index (χ2v) is 3.88. The van der Waals surface area contributed by atoms with E-state index in [-0.39, 0.29) is 0 Å². The van der Waals surface area contributed by atoms with Crippen molar-refractivity contribution in [3.63, 3.8) is 0 Å². The lowest BCUT2D eigenvalue weighted by Crippen LogP contribution is -2.11. The number of carboxylic acids is 4. The van der Waals surface area contributed by atoms with E-state index in [1.165, 1.54) is 0 Å². The Morgan fingerprint density at radius 3 is 0.696 bits per heavy atom. The van der Waals surface area contributed by atoms with Gasteiger partial charge in [0.05, 0.1) is 0 Å². The van der Waals surface area contributed by atoms with Gasteiger partial charge in [-0.25, -0.2) is 0 Å². The summed E-state index contributed by atoms with van der Waals surface area (Å²) < 4.78 is 0. The van der Waals surface area contributed by atoms with Crippen molar-refractivity contribution in [2.24, 2.45) is 11.5 Å². The van der Waals surface area contributed by atoms with Gasteiger partial charge in [-0.3, -0.25) is 19.2 Å². The van der Waals surface area contributed by atoms with Gasteiger partial charge in [0.2, 0.25) is 0 Å². The SMILES string of the molecule is CC(=O)O.CC(=O)O.CC(=O)O.CC(=O)O.CSC.NCCN. The molecule has 0 amide bonds. The van der Waals surface area contributed by atoms with Crippen LogP contribution >= 0.6 is 11.8 Å². The van der Waals surface area contributed by atoms with Gasteiger partial charge in [0.25, 0.3) is 23.9 Å². The van der Waals surface area contributed by atoms with Crippen LogP contribution in [-0.2, 0) is 19.2 Å². The molecule has 0 aromatic carbocycles. The van der Waals surface area contributed by atoms with Crippen LogP contribution in [0.25, 0.3) is 0 Å². The second-order valence-electron chi connectivity index (χ2n) is 3.06. The Balaban J connectivity index is -0.0000000378. The summed E-state index contributed by atoms with van der Waals surface area (Å²) in [5.74, 6) is -3.33. The first kappa shape index (κ1) is 37.4. The number of carboxylic acid groups (broad SMARTS) is 4.